The second-order valence-corrected chi connectivity index (χ2v) is 12.4. The van der Waals surface area contributed by atoms with Crippen LogP contribution in [0.25, 0.3) is 0 Å². The summed E-state index contributed by atoms with van der Waals surface area (Å²) >= 11 is 0. The molecule has 0 heterocycles. The van der Waals surface area contributed by atoms with Gasteiger partial charge >= 0.3 is 0 Å². The van der Waals surface area contributed by atoms with E-state index < -0.39 is 0 Å². The number of unbranched alkanes of at least 4 members (excludes halogenated alkanes) is 25. The monoisotopic (exact) mass is 539 g/mol. The summed E-state index contributed by atoms with van der Waals surface area (Å²) < 4.78 is 6.29. The van der Waals surface area contributed by atoms with E-state index in [1.165, 1.54) is 167 Å². The molecule has 0 saturated heterocycles. The lowest BCUT2D eigenvalue weighted by Gasteiger charge is -2.24. The second kappa shape index (κ2) is 33.1. The molecule has 38 heavy (non-hydrogen) atoms. The van der Waals surface area contributed by atoms with Crippen molar-refractivity contribution in [1.82, 2.24) is 0 Å². The maximum Gasteiger partial charge on any atom is 0.0833 e. The van der Waals surface area contributed by atoms with Crippen molar-refractivity contribution in [3.05, 3.63) is 0 Å². The number of hydrogen-bond acceptors (Lipinski definition) is 2. The molecule has 0 aromatic rings. The quantitative estimate of drug-likeness (QED) is 0.0842. The van der Waals surface area contributed by atoms with Gasteiger partial charge in [-0.05, 0) is 19.3 Å². The molecule has 0 spiro atoms. The van der Waals surface area contributed by atoms with E-state index in [1.54, 1.807) is 0 Å². The standard InChI is InChI=1S/C36H74O2/c1-4-7-10-13-15-16-17-18-19-20-21-22-23-25-28-31-34-38-36(33-30-26-12-9-6-3)35(37)32-29-27-24-14-11-8-5-2/h35-37H,4-34H2,1-3H3. The minimum atomic E-state index is -0.266. The maximum absolute atomic E-state index is 10.9. The minimum absolute atomic E-state index is 0.0630. The van der Waals surface area contributed by atoms with E-state index in [-0.39, 0.29) is 12.2 Å². The molecule has 1 N–H and O–H groups in total. The van der Waals surface area contributed by atoms with Gasteiger partial charge < -0.3 is 9.84 Å². The summed E-state index contributed by atoms with van der Waals surface area (Å²) in [7, 11) is 0. The number of aliphatic hydroxyl groups excluding tert-OH is 1. The van der Waals surface area contributed by atoms with Gasteiger partial charge in [-0.3, -0.25) is 0 Å². The molecule has 2 heteroatoms. The normalized spacial score (nSPS) is 13.3. The highest BCUT2D eigenvalue weighted by molar-refractivity contribution is 4.70. The first kappa shape index (κ1) is 37.9. The minimum Gasteiger partial charge on any atom is -0.390 e. The summed E-state index contributed by atoms with van der Waals surface area (Å²) in [6, 6.07) is 0. The molecule has 0 rings (SSSR count). The van der Waals surface area contributed by atoms with Crippen LogP contribution in [0, 0.1) is 0 Å². The van der Waals surface area contributed by atoms with Crippen molar-refractivity contribution in [2.75, 3.05) is 6.61 Å². The topological polar surface area (TPSA) is 29.5 Å². The van der Waals surface area contributed by atoms with Gasteiger partial charge in [0.1, 0.15) is 0 Å². The van der Waals surface area contributed by atoms with E-state index in [1.807, 2.05) is 0 Å². The van der Waals surface area contributed by atoms with Crippen molar-refractivity contribution in [1.29, 1.82) is 0 Å². The molecule has 2 nitrogen and oxygen atoms in total. The van der Waals surface area contributed by atoms with Crippen molar-refractivity contribution in [2.45, 2.75) is 226 Å². The number of hydrogen-bond donors (Lipinski definition) is 1. The summed E-state index contributed by atoms with van der Waals surface area (Å²) in [4.78, 5) is 0. The van der Waals surface area contributed by atoms with Gasteiger partial charge in [0.2, 0.25) is 0 Å². The molecule has 0 amide bonds. The predicted molar refractivity (Wildman–Crippen MR) is 171 cm³/mol. The summed E-state index contributed by atoms with van der Waals surface area (Å²) in [6.07, 6.45) is 39.8. The van der Waals surface area contributed by atoms with Gasteiger partial charge in [-0.15, -0.1) is 0 Å². The number of ether oxygens (including phenoxy) is 1. The largest absolute Gasteiger partial charge is 0.390 e. The average molecular weight is 539 g/mol. The van der Waals surface area contributed by atoms with Gasteiger partial charge in [0, 0.05) is 6.61 Å². The SMILES string of the molecule is CCCCCCCCCCCCCCCCCCOC(CCCCCCC)C(O)CCCCCCCCC. The summed E-state index contributed by atoms with van der Waals surface area (Å²) in [5.74, 6) is 0. The Bertz CT molecular complexity index is 410. The van der Waals surface area contributed by atoms with E-state index >= 15 is 0 Å². The van der Waals surface area contributed by atoms with Crippen LogP contribution in [0.5, 0.6) is 0 Å². The fraction of sp³-hybridized carbons (Fsp3) is 1.00. The molecular formula is C36H74O2. The van der Waals surface area contributed by atoms with Gasteiger partial charge in [-0.1, -0.05) is 194 Å². The van der Waals surface area contributed by atoms with Gasteiger partial charge in [-0.25, -0.2) is 0 Å². The van der Waals surface area contributed by atoms with Crippen molar-refractivity contribution in [2.24, 2.45) is 0 Å². The van der Waals surface area contributed by atoms with E-state index in [0.29, 0.717) is 0 Å². The summed E-state index contributed by atoms with van der Waals surface area (Å²) in [5.41, 5.74) is 0. The predicted octanol–water partition coefficient (Wildman–Crippen LogP) is 12.5. The van der Waals surface area contributed by atoms with Crippen molar-refractivity contribution in [3.63, 3.8) is 0 Å². The molecule has 0 saturated carbocycles. The van der Waals surface area contributed by atoms with Crippen LogP contribution in [0.4, 0.5) is 0 Å². The lowest BCUT2D eigenvalue weighted by atomic mass is 9.99. The van der Waals surface area contributed by atoms with Gasteiger partial charge in [0.15, 0.2) is 0 Å². The lowest BCUT2D eigenvalue weighted by molar-refractivity contribution is -0.0474. The first-order valence-corrected chi connectivity index (χ1v) is 18.1. The zero-order chi connectivity index (χ0) is 27.8. The molecule has 0 bridgehead atoms. The van der Waals surface area contributed by atoms with Crippen molar-refractivity contribution in [3.8, 4) is 0 Å². The van der Waals surface area contributed by atoms with Crippen LogP contribution >= 0.6 is 0 Å². The van der Waals surface area contributed by atoms with Crippen LogP contribution in [-0.2, 0) is 4.74 Å². The fourth-order valence-electron chi connectivity index (χ4n) is 5.72. The molecule has 0 aliphatic carbocycles. The molecule has 230 valence electrons. The molecular weight excluding hydrogens is 464 g/mol. The maximum atomic E-state index is 10.9. The molecule has 2 atom stereocenters. The molecule has 0 fully saturated rings. The number of aliphatic hydroxyl groups is 1. The first-order chi connectivity index (χ1) is 18.8. The van der Waals surface area contributed by atoms with Crippen molar-refractivity contribution >= 4 is 0 Å². The highest BCUT2D eigenvalue weighted by Crippen LogP contribution is 2.19. The smallest absolute Gasteiger partial charge is 0.0833 e. The molecule has 2 unspecified atom stereocenters. The molecule has 0 aromatic carbocycles. The van der Waals surface area contributed by atoms with Gasteiger partial charge in [-0.2, -0.15) is 0 Å². The zero-order valence-electron chi connectivity index (χ0n) is 26.9. The van der Waals surface area contributed by atoms with Crippen LogP contribution in [0.1, 0.15) is 213 Å². The van der Waals surface area contributed by atoms with Crippen LogP contribution in [0.3, 0.4) is 0 Å². The van der Waals surface area contributed by atoms with Gasteiger partial charge in [0.25, 0.3) is 0 Å². The third-order valence-electron chi connectivity index (χ3n) is 8.45. The van der Waals surface area contributed by atoms with E-state index in [4.69, 9.17) is 4.74 Å². The molecule has 0 radical (unpaired) electrons. The summed E-state index contributed by atoms with van der Waals surface area (Å²) in [6.45, 7) is 7.69. The highest BCUT2D eigenvalue weighted by Gasteiger charge is 2.19. The Morgan fingerprint density at radius 1 is 0.368 bits per heavy atom. The Balaban J connectivity index is 3.76. The van der Waals surface area contributed by atoms with Gasteiger partial charge in [0.05, 0.1) is 12.2 Å². The van der Waals surface area contributed by atoms with Crippen LogP contribution < -0.4 is 0 Å². The summed E-state index contributed by atoms with van der Waals surface area (Å²) in [5, 5.41) is 10.9. The first-order valence-electron chi connectivity index (χ1n) is 18.1. The van der Waals surface area contributed by atoms with E-state index in [9.17, 15) is 5.11 Å². The highest BCUT2D eigenvalue weighted by atomic mass is 16.5. The Kier molecular flexibility index (Phi) is 33.1. The van der Waals surface area contributed by atoms with Crippen LogP contribution in [0.15, 0.2) is 0 Å². The Morgan fingerprint density at radius 2 is 0.658 bits per heavy atom. The third-order valence-corrected chi connectivity index (χ3v) is 8.45. The second-order valence-electron chi connectivity index (χ2n) is 12.4. The van der Waals surface area contributed by atoms with E-state index in [2.05, 4.69) is 20.8 Å². The van der Waals surface area contributed by atoms with Crippen LogP contribution in [-0.4, -0.2) is 23.9 Å². The van der Waals surface area contributed by atoms with E-state index in [0.717, 1.165) is 32.3 Å². The third kappa shape index (κ3) is 28.9. The van der Waals surface area contributed by atoms with Crippen LogP contribution in [0.2, 0.25) is 0 Å². The Morgan fingerprint density at radius 3 is 1.03 bits per heavy atom. The number of rotatable bonds is 33. The van der Waals surface area contributed by atoms with Crippen molar-refractivity contribution < 1.29 is 9.84 Å². The molecule has 0 aliphatic rings. The zero-order valence-corrected chi connectivity index (χ0v) is 26.9. The lowest BCUT2D eigenvalue weighted by Crippen LogP contribution is -2.29. The average Bonchev–Trinajstić information content (AvgIpc) is 2.92. The molecule has 0 aliphatic heterocycles. The molecule has 0 aromatic heterocycles. The fourth-order valence-corrected chi connectivity index (χ4v) is 5.72. The Labute approximate surface area is 241 Å². The Hall–Kier alpha value is -0.0800.